The molecule has 2 N–H and O–H groups in total. The average molecular weight is 359 g/mol. The molecule has 3 aromatic rings. The van der Waals surface area contributed by atoms with Crippen molar-refractivity contribution in [2.45, 2.75) is 31.5 Å². The van der Waals surface area contributed by atoms with Crippen molar-refractivity contribution in [2.75, 3.05) is 7.05 Å². The summed E-state index contributed by atoms with van der Waals surface area (Å²) >= 11 is 0. The predicted molar refractivity (Wildman–Crippen MR) is 109 cm³/mol. The number of benzene rings is 2. The van der Waals surface area contributed by atoms with Crippen LogP contribution in [0.3, 0.4) is 0 Å². The summed E-state index contributed by atoms with van der Waals surface area (Å²) in [5.41, 5.74) is 3.92. The first-order chi connectivity index (χ1) is 13.3. The third kappa shape index (κ3) is 4.37. The number of nitrogens with one attached hydrogen (secondary N) is 2. The fourth-order valence-electron chi connectivity index (χ4n) is 3.43. The minimum absolute atomic E-state index is 0.456. The Labute approximate surface area is 160 Å². The zero-order chi connectivity index (χ0) is 18.5. The van der Waals surface area contributed by atoms with Gasteiger partial charge in [-0.15, -0.1) is 0 Å². The van der Waals surface area contributed by atoms with Gasteiger partial charge in [0.25, 0.3) is 0 Å². The molecular weight excluding hydrogens is 334 g/mol. The fraction of sp³-hybridized carbons (Fsp3) is 0.273. The van der Waals surface area contributed by atoms with Crippen molar-refractivity contribution in [1.29, 1.82) is 0 Å². The minimum Gasteiger partial charge on any atom is -0.353 e. The molecule has 1 aliphatic carbocycles. The molecule has 2 aromatic carbocycles. The maximum absolute atomic E-state index is 4.39. The molecule has 2 unspecified atom stereocenters. The highest BCUT2D eigenvalue weighted by Crippen LogP contribution is 2.40. The SMILES string of the molecule is CN=C(NCc1ccccc1Cn1cccn1)NC1CC1c1ccccc1. The Balaban J connectivity index is 1.34. The molecule has 0 radical (unpaired) electrons. The Hall–Kier alpha value is -3.08. The van der Waals surface area contributed by atoms with E-state index in [0.717, 1.165) is 25.5 Å². The smallest absolute Gasteiger partial charge is 0.191 e. The van der Waals surface area contributed by atoms with Crippen molar-refractivity contribution >= 4 is 5.96 Å². The van der Waals surface area contributed by atoms with Crippen LogP contribution >= 0.6 is 0 Å². The first-order valence-corrected chi connectivity index (χ1v) is 9.40. The van der Waals surface area contributed by atoms with E-state index < -0.39 is 0 Å². The van der Waals surface area contributed by atoms with Gasteiger partial charge in [-0.1, -0.05) is 54.6 Å². The molecule has 27 heavy (non-hydrogen) atoms. The van der Waals surface area contributed by atoms with Crippen LogP contribution in [0.2, 0.25) is 0 Å². The highest BCUT2D eigenvalue weighted by atomic mass is 15.3. The summed E-state index contributed by atoms with van der Waals surface area (Å²) in [6, 6.07) is 21.5. The van der Waals surface area contributed by atoms with Gasteiger partial charge in [-0.05, 0) is 29.2 Å². The van der Waals surface area contributed by atoms with Gasteiger partial charge in [0.2, 0.25) is 0 Å². The molecular formula is C22H25N5. The minimum atomic E-state index is 0.456. The lowest BCUT2D eigenvalue weighted by molar-refractivity contribution is 0.677. The number of rotatable bonds is 6. The van der Waals surface area contributed by atoms with E-state index in [0.29, 0.717) is 12.0 Å². The molecule has 1 heterocycles. The van der Waals surface area contributed by atoms with Gasteiger partial charge in [0.1, 0.15) is 0 Å². The van der Waals surface area contributed by atoms with Gasteiger partial charge in [-0.2, -0.15) is 5.10 Å². The lowest BCUT2D eigenvalue weighted by Crippen LogP contribution is -2.38. The van der Waals surface area contributed by atoms with E-state index >= 15 is 0 Å². The standard InChI is InChI=1S/C22H25N5/c1-23-22(26-21-14-20(21)17-8-3-2-4-9-17)24-15-18-10-5-6-11-19(18)16-27-13-7-12-25-27/h2-13,20-21H,14-16H2,1H3,(H2,23,24,26). The number of aliphatic imine (C=N–C) groups is 1. The largest absolute Gasteiger partial charge is 0.353 e. The van der Waals surface area contributed by atoms with Crippen molar-refractivity contribution in [3.05, 3.63) is 89.7 Å². The molecule has 5 heteroatoms. The van der Waals surface area contributed by atoms with Gasteiger partial charge in [0.05, 0.1) is 6.54 Å². The lowest BCUT2D eigenvalue weighted by atomic mass is 10.1. The Morgan fingerprint density at radius 3 is 2.59 bits per heavy atom. The maximum Gasteiger partial charge on any atom is 0.191 e. The van der Waals surface area contributed by atoms with Crippen LogP contribution in [0.1, 0.15) is 29.0 Å². The van der Waals surface area contributed by atoms with E-state index in [1.807, 2.05) is 30.2 Å². The van der Waals surface area contributed by atoms with Gasteiger partial charge in [-0.3, -0.25) is 9.67 Å². The molecule has 1 saturated carbocycles. The zero-order valence-electron chi connectivity index (χ0n) is 15.5. The number of guanidine groups is 1. The monoisotopic (exact) mass is 359 g/mol. The molecule has 0 saturated heterocycles. The summed E-state index contributed by atoms with van der Waals surface area (Å²) in [7, 11) is 1.82. The van der Waals surface area contributed by atoms with E-state index in [4.69, 9.17) is 0 Å². The Morgan fingerprint density at radius 2 is 1.85 bits per heavy atom. The normalized spacial score (nSPS) is 18.9. The van der Waals surface area contributed by atoms with E-state index in [9.17, 15) is 0 Å². The predicted octanol–water partition coefficient (Wildman–Crippen LogP) is 3.15. The molecule has 2 atom stereocenters. The molecule has 138 valence electrons. The summed E-state index contributed by atoms with van der Waals surface area (Å²) in [5, 5.41) is 11.3. The fourth-order valence-corrected chi connectivity index (χ4v) is 3.43. The zero-order valence-corrected chi connectivity index (χ0v) is 15.5. The van der Waals surface area contributed by atoms with Crippen LogP contribution in [-0.4, -0.2) is 28.8 Å². The molecule has 1 aliphatic rings. The Bertz CT molecular complexity index is 886. The summed E-state index contributed by atoms with van der Waals surface area (Å²) < 4.78 is 1.94. The average Bonchev–Trinajstić information content (AvgIpc) is 3.30. The lowest BCUT2D eigenvalue weighted by Gasteiger charge is -2.14. The second-order valence-electron chi connectivity index (χ2n) is 6.90. The Kier molecular flexibility index (Phi) is 5.19. The molecule has 0 aliphatic heterocycles. The molecule has 0 spiro atoms. The van der Waals surface area contributed by atoms with Crippen molar-refractivity contribution in [3.63, 3.8) is 0 Å². The summed E-state index contributed by atoms with van der Waals surface area (Å²) in [6.07, 6.45) is 4.95. The van der Waals surface area contributed by atoms with Crippen LogP contribution in [0.5, 0.6) is 0 Å². The Morgan fingerprint density at radius 1 is 1.07 bits per heavy atom. The van der Waals surface area contributed by atoms with Gasteiger partial charge in [-0.25, -0.2) is 0 Å². The third-order valence-corrected chi connectivity index (χ3v) is 5.02. The first-order valence-electron chi connectivity index (χ1n) is 9.40. The molecule has 1 fully saturated rings. The first kappa shape index (κ1) is 17.3. The summed E-state index contributed by atoms with van der Waals surface area (Å²) in [4.78, 5) is 4.39. The topological polar surface area (TPSA) is 54.2 Å². The van der Waals surface area contributed by atoms with E-state index in [-0.39, 0.29) is 0 Å². The van der Waals surface area contributed by atoms with Gasteiger partial charge in [0.15, 0.2) is 5.96 Å². The molecule has 0 amide bonds. The summed E-state index contributed by atoms with van der Waals surface area (Å²) in [5.74, 6) is 1.43. The van der Waals surface area contributed by atoms with Gasteiger partial charge < -0.3 is 10.6 Å². The highest BCUT2D eigenvalue weighted by Gasteiger charge is 2.38. The van der Waals surface area contributed by atoms with Crippen LogP contribution in [-0.2, 0) is 13.1 Å². The molecule has 5 nitrogen and oxygen atoms in total. The van der Waals surface area contributed by atoms with Crippen molar-refractivity contribution in [2.24, 2.45) is 4.99 Å². The highest BCUT2D eigenvalue weighted by molar-refractivity contribution is 5.80. The van der Waals surface area contributed by atoms with Crippen molar-refractivity contribution in [1.82, 2.24) is 20.4 Å². The van der Waals surface area contributed by atoms with Gasteiger partial charge in [0, 0.05) is 37.9 Å². The number of aromatic nitrogens is 2. The number of hydrogen-bond donors (Lipinski definition) is 2. The van der Waals surface area contributed by atoms with Crippen LogP contribution in [0.15, 0.2) is 78.0 Å². The van der Waals surface area contributed by atoms with Crippen LogP contribution in [0.25, 0.3) is 0 Å². The molecule has 0 bridgehead atoms. The molecule has 4 rings (SSSR count). The number of hydrogen-bond acceptors (Lipinski definition) is 2. The van der Waals surface area contributed by atoms with E-state index in [2.05, 4.69) is 75.3 Å². The van der Waals surface area contributed by atoms with Crippen molar-refractivity contribution in [3.8, 4) is 0 Å². The van der Waals surface area contributed by atoms with Crippen LogP contribution in [0.4, 0.5) is 0 Å². The summed E-state index contributed by atoms with van der Waals surface area (Å²) in [6.45, 7) is 1.51. The van der Waals surface area contributed by atoms with E-state index in [1.165, 1.54) is 16.7 Å². The van der Waals surface area contributed by atoms with Crippen LogP contribution < -0.4 is 10.6 Å². The van der Waals surface area contributed by atoms with E-state index in [1.54, 1.807) is 0 Å². The van der Waals surface area contributed by atoms with Crippen molar-refractivity contribution < 1.29 is 0 Å². The maximum atomic E-state index is 4.39. The third-order valence-electron chi connectivity index (χ3n) is 5.02. The quantitative estimate of drug-likeness (QED) is 0.525. The second-order valence-corrected chi connectivity index (χ2v) is 6.90. The second kappa shape index (κ2) is 8.08. The van der Waals surface area contributed by atoms with Gasteiger partial charge >= 0.3 is 0 Å². The number of nitrogens with zero attached hydrogens (tertiary/aromatic N) is 3. The molecule has 1 aromatic heterocycles. The van der Waals surface area contributed by atoms with Crippen LogP contribution in [0, 0.1) is 0 Å².